The van der Waals surface area contributed by atoms with Gasteiger partial charge in [-0.05, 0) is 36.8 Å². The Morgan fingerprint density at radius 3 is 2.64 bits per heavy atom. The molecule has 1 fully saturated rings. The largest absolute Gasteiger partial charge is 0.493 e. The van der Waals surface area contributed by atoms with Crippen LogP contribution >= 0.6 is 0 Å². The van der Waals surface area contributed by atoms with Gasteiger partial charge in [0.25, 0.3) is 0 Å². The van der Waals surface area contributed by atoms with Crippen LogP contribution in [0.5, 0.6) is 11.5 Å². The first kappa shape index (κ1) is 19.1. The van der Waals surface area contributed by atoms with Crippen LogP contribution in [0.25, 0.3) is 0 Å². The normalized spacial score (nSPS) is 14.8. The Hall–Kier alpha value is -2.24. The molecule has 6 heteroatoms. The van der Waals surface area contributed by atoms with Gasteiger partial charge in [0, 0.05) is 25.2 Å². The third-order valence-electron chi connectivity index (χ3n) is 4.16. The summed E-state index contributed by atoms with van der Waals surface area (Å²) in [5.74, 6) is 1.71. The second-order valence-electron chi connectivity index (χ2n) is 6.85. The fraction of sp³-hybridized carbons (Fsp3) is 0.579. The van der Waals surface area contributed by atoms with Crippen molar-refractivity contribution >= 4 is 18.0 Å². The topological polar surface area (TPSA) is 71.8 Å². The Labute approximate surface area is 149 Å². The van der Waals surface area contributed by atoms with Gasteiger partial charge in [-0.2, -0.15) is 0 Å². The van der Waals surface area contributed by atoms with Crippen LogP contribution < -0.4 is 14.4 Å². The van der Waals surface area contributed by atoms with E-state index in [1.807, 2.05) is 32.0 Å². The molecule has 6 nitrogen and oxygen atoms in total. The molecule has 0 bridgehead atoms. The van der Waals surface area contributed by atoms with Crippen LogP contribution in [0, 0.1) is 17.2 Å². The van der Waals surface area contributed by atoms with E-state index in [0.717, 1.165) is 18.5 Å². The Morgan fingerprint density at radius 2 is 2.08 bits per heavy atom. The minimum Gasteiger partial charge on any atom is -0.493 e. The van der Waals surface area contributed by atoms with E-state index in [2.05, 4.69) is 0 Å². The summed E-state index contributed by atoms with van der Waals surface area (Å²) in [5, 5.41) is 7.31. The standard InChI is InChI=1S/C19H28N2O4/c1-13(2)9-19(22)25-18(14-5-6-14)11-24-16-8-7-15(21(3)12-20)10-17(16)23-4/h7-8,10,12-14,18,20H,5-6,9,11H2,1-4H3. The highest BCUT2D eigenvalue weighted by Gasteiger charge is 2.35. The lowest BCUT2D eigenvalue weighted by molar-refractivity contribution is -0.152. The fourth-order valence-electron chi connectivity index (χ4n) is 2.53. The third kappa shape index (κ3) is 5.66. The van der Waals surface area contributed by atoms with E-state index in [0.29, 0.717) is 30.4 Å². The number of esters is 1. The van der Waals surface area contributed by atoms with E-state index in [9.17, 15) is 4.79 Å². The van der Waals surface area contributed by atoms with Crippen LogP contribution in [-0.4, -0.2) is 39.2 Å². The van der Waals surface area contributed by atoms with Crippen molar-refractivity contribution in [2.45, 2.75) is 39.2 Å². The number of hydrogen-bond donors (Lipinski definition) is 1. The summed E-state index contributed by atoms with van der Waals surface area (Å²) in [7, 11) is 3.37. The zero-order valence-electron chi connectivity index (χ0n) is 15.5. The molecule has 0 radical (unpaired) electrons. The van der Waals surface area contributed by atoms with Crippen LogP contribution in [0.15, 0.2) is 18.2 Å². The SMILES string of the molecule is COc1cc(N(C)C=N)ccc1OCC(OC(=O)CC(C)C)C1CC1. The number of rotatable bonds is 10. The van der Waals surface area contributed by atoms with Gasteiger partial charge in [-0.3, -0.25) is 10.2 Å². The lowest BCUT2D eigenvalue weighted by Gasteiger charge is -2.20. The van der Waals surface area contributed by atoms with E-state index in [-0.39, 0.29) is 18.0 Å². The van der Waals surface area contributed by atoms with Crippen molar-refractivity contribution in [3.05, 3.63) is 18.2 Å². The molecule has 1 atom stereocenters. The molecule has 0 aliphatic heterocycles. The molecule has 1 N–H and O–H groups in total. The fourth-order valence-corrected chi connectivity index (χ4v) is 2.53. The van der Waals surface area contributed by atoms with Crippen molar-refractivity contribution < 1.29 is 19.0 Å². The molecule has 1 aromatic rings. The first-order valence-corrected chi connectivity index (χ1v) is 8.68. The molecule has 25 heavy (non-hydrogen) atoms. The van der Waals surface area contributed by atoms with Crippen LogP contribution in [0.2, 0.25) is 0 Å². The lowest BCUT2D eigenvalue weighted by Crippen LogP contribution is -2.27. The number of nitrogens with zero attached hydrogens (tertiary/aromatic N) is 1. The molecule has 0 aromatic heterocycles. The Morgan fingerprint density at radius 1 is 1.36 bits per heavy atom. The van der Waals surface area contributed by atoms with Crippen molar-refractivity contribution in [2.75, 3.05) is 25.7 Å². The molecular formula is C19H28N2O4. The maximum absolute atomic E-state index is 12.0. The quantitative estimate of drug-likeness (QED) is 0.398. The number of ether oxygens (including phenoxy) is 3. The highest BCUT2D eigenvalue weighted by molar-refractivity contribution is 5.77. The summed E-state index contributed by atoms with van der Waals surface area (Å²) < 4.78 is 16.9. The smallest absolute Gasteiger partial charge is 0.306 e. The van der Waals surface area contributed by atoms with Gasteiger partial charge < -0.3 is 19.1 Å². The highest BCUT2D eigenvalue weighted by Crippen LogP contribution is 2.36. The van der Waals surface area contributed by atoms with Gasteiger partial charge in [-0.25, -0.2) is 0 Å². The first-order chi connectivity index (χ1) is 11.9. The van der Waals surface area contributed by atoms with Crippen LogP contribution in [0.3, 0.4) is 0 Å². The molecule has 1 aliphatic rings. The van der Waals surface area contributed by atoms with Crippen molar-refractivity contribution in [2.24, 2.45) is 11.8 Å². The van der Waals surface area contributed by atoms with Crippen LogP contribution in [0.4, 0.5) is 5.69 Å². The second kappa shape index (κ2) is 8.74. The van der Waals surface area contributed by atoms with Gasteiger partial charge in [-0.15, -0.1) is 0 Å². The number of carbonyl (C=O) groups excluding carboxylic acids is 1. The van der Waals surface area contributed by atoms with E-state index >= 15 is 0 Å². The summed E-state index contributed by atoms with van der Waals surface area (Å²) in [4.78, 5) is 13.6. The van der Waals surface area contributed by atoms with Crippen LogP contribution in [-0.2, 0) is 9.53 Å². The molecule has 0 amide bonds. The molecule has 2 rings (SSSR count). The summed E-state index contributed by atoms with van der Waals surface area (Å²) in [6.45, 7) is 4.33. The van der Waals surface area contributed by atoms with Crippen molar-refractivity contribution in [1.29, 1.82) is 5.41 Å². The van der Waals surface area contributed by atoms with Crippen molar-refractivity contribution in [3.63, 3.8) is 0 Å². The van der Waals surface area contributed by atoms with E-state index < -0.39 is 0 Å². The second-order valence-corrected chi connectivity index (χ2v) is 6.85. The maximum Gasteiger partial charge on any atom is 0.306 e. The van der Waals surface area contributed by atoms with Gasteiger partial charge in [0.1, 0.15) is 12.7 Å². The molecule has 1 unspecified atom stereocenters. The van der Waals surface area contributed by atoms with Gasteiger partial charge in [0.2, 0.25) is 0 Å². The van der Waals surface area contributed by atoms with Crippen molar-refractivity contribution in [1.82, 2.24) is 0 Å². The Kier molecular flexibility index (Phi) is 6.67. The average Bonchev–Trinajstić information content (AvgIpc) is 3.42. The predicted molar refractivity (Wildman–Crippen MR) is 97.7 cm³/mol. The monoisotopic (exact) mass is 348 g/mol. The molecule has 0 heterocycles. The molecule has 0 saturated heterocycles. The number of methoxy groups -OCH3 is 1. The summed E-state index contributed by atoms with van der Waals surface area (Å²) in [6.07, 6.45) is 3.59. The van der Waals surface area contributed by atoms with Gasteiger partial charge in [0.15, 0.2) is 11.5 Å². The molecule has 0 spiro atoms. The number of hydrogen-bond acceptors (Lipinski definition) is 5. The van der Waals surface area contributed by atoms with Crippen molar-refractivity contribution in [3.8, 4) is 11.5 Å². The maximum atomic E-state index is 12.0. The summed E-state index contributed by atoms with van der Waals surface area (Å²) in [5.41, 5.74) is 0.835. The number of carbonyl (C=O) groups is 1. The molecule has 138 valence electrons. The zero-order chi connectivity index (χ0) is 18.4. The minimum atomic E-state index is -0.208. The molecule has 1 aromatic carbocycles. The summed E-state index contributed by atoms with van der Waals surface area (Å²) in [6, 6.07) is 5.49. The van der Waals surface area contributed by atoms with E-state index in [4.69, 9.17) is 19.6 Å². The van der Waals surface area contributed by atoms with E-state index in [1.54, 1.807) is 19.1 Å². The third-order valence-corrected chi connectivity index (χ3v) is 4.16. The highest BCUT2D eigenvalue weighted by atomic mass is 16.6. The zero-order valence-corrected chi connectivity index (χ0v) is 15.5. The van der Waals surface area contributed by atoms with Gasteiger partial charge >= 0.3 is 5.97 Å². The van der Waals surface area contributed by atoms with Gasteiger partial charge in [-0.1, -0.05) is 13.8 Å². The Balaban J connectivity index is 2.00. The lowest BCUT2D eigenvalue weighted by atomic mass is 10.1. The van der Waals surface area contributed by atoms with E-state index in [1.165, 1.54) is 6.34 Å². The molecular weight excluding hydrogens is 320 g/mol. The molecule has 1 aliphatic carbocycles. The summed E-state index contributed by atoms with van der Waals surface area (Å²) >= 11 is 0. The minimum absolute atomic E-state index is 0.162. The predicted octanol–water partition coefficient (Wildman–Crippen LogP) is 3.49. The number of nitrogens with one attached hydrogen (secondary N) is 1. The number of anilines is 1. The number of benzene rings is 1. The molecule has 1 saturated carbocycles. The van der Waals surface area contributed by atoms with Crippen LogP contribution in [0.1, 0.15) is 33.1 Å². The van der Waals surface area contributed by atoms with Gasteiger partial charge in [0.05, 0.1) is 13.4 Å². The Bertz CT molecular complexity index is 599. The average molecular weight is 348 g/mol. The first-order valence-electron chi connectivity index (χ1n) is 8.68.